The number of hydrogen-bond donors (Lipinski definition) is 0. The van der Waals surface area contributed by atoms with E-state index in [1.54, 1.807) is 0 Å². The van der Waals surface area contributed by atoms with Gasteiger partial charge in [-0.2, -0.15) is 0 Å². The predicted molar refractivity (Wildman–Crippen MR) is 361 cm³/mol. The van der Waals surface area contributed by atoms with Gasteiger partial charge < -0.3 is 14.2 Å². The fraction of sp³-hybridized carbons (Fsp3) is 0.545. The van der Waals surface area contributed by atoms with Gasteiger partial charge in [0.05, 0.1) is 0 Å². The summed E-state index contributed by atoms with van der Waals surface area (Å²) in [6, 6.07) is 0. The van der Waals surface area contributed by atoms with Crippen molar-refractivity contribution in [2.45, 2.75) is 258 Å². The van der Waals surface area contributed by atoms with Gasteiger partial charge in [0.15, 0.2) is 6.10 Å². The highest BCUT2D eigenvalue weighted by atomic mass is 16.6. The van der Waals surface area contributed by atoms with Crippen LogP contribution in [0.1, 0.15) is 252 Å². The smallest absolute Gasteiger partial charge is 0.306 e. The monoisotopic (exact) mass is 1140 g/mol. The van der Waals surface area contributed by atoms with Crippen LogP contribution < -0.4 is 0 Å². The van der Waals surface area contributed by atoms with Gasteiger partial charge in [0.25, 0.3) is 0 Å². The maximum absolute atomic E-state index is 12.9. The maximum atomic E-state index is 12.9. The lowest BCUT2D eigenvalue weighted by atomic mass is 10.1. The van der Waals surface area contributed by atoms with Gasteiger partial charge in [-0.05, 0) is 148 Å². The van der Waals surface area contributed by atoms with Crippen molar-refractivity contribution in [3.05, 3.63) is 194 Å². The van der Waals surface area contributed by atoms with E-state index in [0.717, 1.165) is 161 Å². The second kappa shape index (κ2) is 68.7. The molecule has 0 saturated carbocycles. The molecule has 0 aromatic carbocycles. The van der Waals surface area contributed by atoms with Crippen LogP contribution in [0.4, 0.5) is 0 Å². The number of hydrogen-bond acceptors (Lipinski definition) is 6. The fourth-order valence-electron chi connectivity index (χ4n) is 8.29. The van der Waals surface area contributed by atoms with Crippen molar-refractivity contribution in [3.8, 4) is 0 Å². The third-order valence-electron chi connectivity index (χ3n) is 13.1. The van der Waals surface area contributed by atoms with Crippen molar-refractivity contribution >= 4 is 17.9 Å². The summed E-state index contributed by atoms with van der Waals surface area (Å²) >= 11 is 0. The van der Waals surface area contributed by atoms with Crippen molar-refractivity contribution in [1.82, 2.24) is 0 Å². The molecule has 1 atom stereocenters. The Hall–Kier alpha value is -5.75. The van der Waals surface area contributed by atoms with Gasteiger partial charge in [0.2, 0.25) is 0 Å². The van der Waals surface area contributed by atoms with Gasteiger partial charge in [0, 0.05) is 19.3 Å². The molecule has 0 N–H and O–H groups in total. The Bertz CT molecular complexity index is 1990. The lowest BCUT2D eigenvalue weighted by molar-refractivity contribution is -0.166. The molecule has 0 saturated heterocycles. The number of ether oxygens (including phenoxy) is 3. The van der Waals surface area contributed by atoms with E-state index >= 15 is 0 Å². The lowest BCUT2D eigenvalue weighted by Crippen LogP contribution is -2.30. The maximum Gasteiger partial charge on any atom is 0.306 e. The van der Waals surface area contributed by atoms with Crippen molar-refractivity contribution in [2.75, 3.05) is 13.2 Å². The summed E-state index contributed by atoms with van der Waals surface area (Å²) in [5.41, 5.74) is 0. The Kier molecular flexibility index (Phi) is 64.0. The number of rotatable bonds is 57. The van der Waals surface area contributed by atoms with Crippen molar-refractivity contribution in [1.29, 1.82) is 0 Å². The Labute approximate surface area is 509 Å². The van der Waals surface area contributed by atoms with Gasteiger partial charge in [-0.3, -0.25) is 14.4 Å². The zero-order chi connectivity index (χ0) is 59.9. The number of unbranched alkanes of at least 4 members (excludes halogenated alkanes) is 14. The highest BCUT2D eigenvalue weighted by molar-refractivity contribution is 5.71. The molecule has 462 valence electrons. The average Bonchev–Trinajstić information content (AvgIpc) is 3.49. The van der Waals surface area contributed by atoms with Crippen LogP contribution >= 0.6 is 0 Å². The summed E-state index contributed by atoms with van der Waals surface area (Å²) in [7, 11) is 0. The molecule has 0 heterocycles. The number of carbonyl (C=O) groups is 3. The van der Waals surface area contributed by atoms with Crippen LogP contribution in [-0.2, 0) is 28.6 Å². The Balaban J connectivity index is 4.39. The zero-order valence-corrected chi connectivity index (χ0v) is 52.9. The summed E-state index contributed by atoms with van der Waals surface area (Å²) in [5.74, 6) is -1.03. The van der Waals surface area contributed by atoms with Gasteiger partial charge >= 0.3 is 17.9 Å². The van der Waals surface area contributed by atoms with Crippen LogP contribution in [0.25, 0.3) is 0 Å². The topological polar surface area (TPSA) is 78.9 Å². The molecule has 0 bridgehead atoms. The van der Waals surface area contributed by atoms with Crippen LogP contribution in [0.2, 0.25) is 0 Å². The molecule has 0 aromatic heterocycles. The third kappa shape index (κ3) is 66.9. The quantitative estimate of drug-likeness (QED) is 0.0261. The zero-order valence-electron chi connectivity index (χ0n) is 52.9. The Morgan fingerprint density at radius 3 is 0.747 bits per heavy atom. The van der Waals surface area contributed by atoms with E-state index in [9.17, 15) is 14.4 Å². The first-order valence-electron chi connectivity index (χ1n) is 32.9. The molecule has 0 aromatic rings. The van der Waals surface area contributed by atoms with E-state index in [-0.39, 0.29) is 44.0 Å². The van der Waals surface area contributed by atoms with Crippen molar-refractivity contribution < 1.29 is 28.6 Å². The summed E-state index contributed by atoms with van der Waals surface area (Å²) in [6.45, 7) is 6.20. The highest BCUT2D eigenvalue weighted by Gasteiger charge is 2.19. The van der Waals surface area contributed by atoms with E-state index in [4.69, 9.17) is 14.2 Å². The van der Waals surface area contributed by atoms with E-state index < -0.39 is 6.10 Å². The highest BCUT2D eigenvalue weighted by Crippen LogP contribution is 2.14. The Morgan fingerprint density at radius 2 is 0.458 bits per heavy atom. The summed E-state index contributed by atoms with van der Waals surface area (Å²) in [4.78, 5) is 38.3. The minimum absolute atomic E-state index is 0.120. The largest absolute Gasteiger partial charge is 0.462 e. The number of carbonyl (C=O) groups excluding carboxylic acids is 3. The predicted octanol–water partition coefficient (Wildman–Crippen LogP) is 23.0. The van der Waals surface area contributed by atoms with Crippen molar-refractivity contribution in [2.24, 2.45) is 0 Å². The van der Waals surface area contributed by atoms with Gasteiger partial charge in [-0.15, -0.1) is 0 Å². The fourth-order valence-corrected chi connectivity index (χ4v) is 8.29. The summed E-state index contributed by atoms with van der Waals surface area (Å²) in [6.07, 6.45) is 105. The van der Waals surface area contributed by atoms with Gasteiger partial charge in [0.1, 0.15) is 13.2 Å². The molecule has 0 fully saturated rings. The van der Waals surface area contributed by atoms with E-state index in [1.165, 1.54) is 44.9 Å². The number of esters is 3. The molecule has 83 heavy (non-hydrogen) atoms. The van der Waals surface area contributed by atoms with Crippen molar-refractivity contribution in [3.63, 3.8) is 0 Å². The molecular formula is C77H118O6. The molecule has 1 unspecified atom stereocenters. The molecule has 0 radical (unpaired) electrons. The molecule has 0 rings (SSSR count). The minimum atomic E-state index is -0.830. The molecule has 6 heteroatoms. The van der Waals surface area contributed by atoms with E-state index in [2.05, 4.69) is 203 Å². The van der Waals surface area contributed by atoms with Crippen LogP contribution in [0.5, 0.6) is 0 Å². The second-order valence-corrected chi connectivity index (χ2v) is 20.9. The molecule has 6 nitrogen and oxygen atoms in total. The normalized spacial score (nSPS) is 13.4. The Morgan fingerprint density at radius 1 is 0.241 bits per heavy atom. The third-order valence-corrected chi connectivity index (χ3v) is 13.1. The van der Waals surface area contributed by atoms with Crippen LogP contribution in [0, 0.1) is 0 Å². The van der Waals surface area contributed by atoms with E-state index in [0.29, 0.717) is 12.8 Å². The SMILES string of the molecule is CC/C=C\C/C=C\C/C=C\C/C=C\C/C=C\C/C=C\C/C=C\C/C=C\CCCCCCCCCCC(=O)OCC(COC(=O)CC/C=C\C/C=C\C/C=C\C/C=C\CC)OC(=O)CCCCCCCC/C=C\C/C=C\C/C=C\C/C=C\CC. The minimum Gasteiger partial charge on any atom is -0.462 e. The lowest BCUT2D eigenvalue weighted by Gasteiger charge is -2.18. The molecule has 0 aliphatic carbocycles. The molecule has 0 spiro atoms. The molecular weight excluding hydrogens is 1020 g/mol. The first-order chi connectivity index (χ1) is 41.0. The van der Waals surface area contributed by atoms with E-state index in [1.807, 2.05) is 12.2 Å². The number of allylic oxidation sites excluding steroid dienone is 32. The molecule has 0 amide bonds. The van der Waals surface area contributed by atoms with Gasteiger partial charge in [-0.1, -0.05) is 279 Å². The average molecular weight is 1140 g/mol. The van der Waals surface area contributed by atoms with Gasteiger partial charge in [-0.25, -0.2) is 0 Å². The molecule has 0 aliphatic rings. The second-order valence-electron chi connectivity index (χ2n) is 20.9. The first kappa shape index (κ1) is 77.2. The first-order valence-corrected chi connectivity index (χ1v) is 32.9. The summed E-state index contributed by atoms with van der Waals surface area (Å²) < 4.78 is 16.8. The standard InChI is InChI=1S/C77H118O6/c1-4-7-10-13-16-19-22-25-27-29-31-32-33-34-35-36-37-38-39-40-41-42-43-44-46-47-49-52-55-58-61-64-67-70-76(79)82-73-74(72-81-75(78)69-66-63-60-57-54-51-24-21-18-15-12-9-6-3)83-77(80)71-68-65-62-59-56-53-50-48-45-30-28-26-23-20-17-14-11-8-5-2/h7-12,16-21,25-28,31-32,34-35,37-38,40-41,43-45,48,51,54,60,63,74H,4-6,13-15,22-24,29-30,33,36,39,42,46-47,49-50,52-53,55-59,61-62,64-73H2,1-3H3/b10-7-,11-8-,12-9-,19-16-,20-17-,21-18-,27-25-,28-26-,32-31-,35-34-,38-37-,41-40-,44-43-,48-45-,54-51-,63-60-. The van der Waals surface area contributed by atoms with Crippen LogP contribution in [0.15, 0.2) is 194 Å². The molecule has 0 aliphatic heterocycles. The van der Waals surface area contributed by atoms with Crippen LogP contribution in [-0.4, -0.2) is 37.2 Å². The van der Waals surface area contributed by atoms with Crippen LogP contribution in [0.3, 0.4) is 0 Å². The summed E-state index contributed by atoms with van der Waals surface area (Å²) in [5, 5.41) is 0.